The summed E-state index contributed by atoms with van der Waals surface area (Å²) in [5, 5.41) is 7.49. The fourth-order valence-corrected chi connectivity index (χ4v) is 3.48. The molecule has 0 bridgehead atoms. The maximum absolute atomic E-state index is 6.27. The lowest BCUT2D eigenvalue weighted by Crippen LogP contribution is -2.47. The van der Waals surface area contributed by atoms with Gasteiger partial charge in [0.05, 0.1) is 18.7 Å². The van der Waals surface area contributed by atoms with Crippen LogP contribution < -0.4 is 25.0 Å². The van der Waals surface area contributed by atoms with Crippen LogP contribution in [0.25, 0.3) is 0 Å². The predicted octanol–water partition coefficient (Wildman–Crippen LogP) is 2.95. The minimum absolute atomic E-state index is 0.0191. The van der Waals surface area contributed by atoms with E-state index >= 15 is 0 Å². The van der Waals surface area contributed by atoms with Crippen molar-refractivity contribution in [3.8, 4) is 11.5 Å². The predicted molar refractivity (Wildman–Crippen MR) is 117 cm³/mol. The largest absolute Gasteiger partial charge is 0.497 e. The summed E-state index contributed by atoms with van der Waals surface area (Å²) in [5.74, 6) is 3.21. The monoisotopic (exact) mass is 417 g/mol. The highest BCUT2D eigenvalue weighted by Gasteiger charge is 2.25. The third-order valence-corrected chi connectivity index (χ3v) is 5.04. The molecule has 0 saturated carbocycles. The Labute approximate surface area is 177 Å². The van der Waals surface area contributed by atoms with Crippen LogP contribution in [0.5, 0.6) is 11.5 Å². The van der Waals surface area contributed by atoms with Crippen LogP contribution in [0.3, 0.4) is 0 Å². The van der Waals surface area contributed by atoms with Crippen LogP contribution in [0.4, 0.5) is 5.82 Å². The number of nitrogens with one attached hydrogen (secondary N) is 2. The van der Waals surface area contributed by atoms with Crippen LogP contribution in [0, 0.1) is 0 Å². The maximum atomic E-state index is 6.27. The zero-order chi connectivity index (χ0) is 20.6. The number of halogens is 1. The molecule has 1 fully saturated rings. The molecule has 29 heavy (non-hydrogen) atoms. The Hall–Kier alpha value is -2.67. The van der Waals surface area contributed by atoms with Gasteiger partial charge in [0, 0.05) is 32.4 Å². The number of hydrogen-bond acceptors (Lipinski definition) is 5. The average Bonchev–Trinajstić information content (AvgIpc) is 3.20. The highest BCUT2D eigenvalue weighted by atomic mass is 35.5. The first-order valence-corrected chi connectivity index (χ1v) is 10.1. The van der Waals surface area contributed by atoms with Crippen molar-refractivity contribution in [2.75, 3.05) is 38.7 Å². The van der Waals surface area contributed by atoms with Gasteiger partial charge in [0.2, 0.25) is 0 Å². The fraction of sp³-hybridized carbons (Fsp3) is 0.429. The van der Waals surface area contributed by atoms with E-state index in [1.165, 1.54) is 0 Å². The molecule has 2 atom stereocenters. The summed E-state index contributed by atoms with van der Waals surface area (Å²) in [6.07, 6.45) is 2.74. The lowest BCUT2D eigenvalue weighted by atomic mass is 10.3. The van der Waals surface area contributed by atoms with Crippen LogP contribution >= 0.6 is 11.6 Å². The highest BCUT2D eigenvalue weighted by molar-refractivity contribution is 6.32. The van der Waals surface area contributed by atoms with E-state index in [0.29, 0.717) is 11.6 Å². The Bertz CT molecular complexity index is 815. The Morgan fingerprint density at radius 3 is 2.76 bits per heavy atom. The Morgan fingerprint density at radius 1 is 1.31 bits per heavy atom. The molecule has 1 aromatic carbocycles. The minimum Gasteiger partial charge on any atom is -0.497 e. The quantitative estimate of drug-likeness (QED) is 0.533. The summed E-state index contributed by atoms with van der Waals surface area (Å²) in [6.45, 7) is 4.39. The zero-order valence-corrected chi connectivity index (χ0v) is 17.8. The normalized spacial score (nSPS) is 17.7. The number of methoxy groups -OCH3 is 1. The second-order valence-electron chi connectivity index (χ2n) is 6.94. The molecule has 0 amide bonds. The Kier molecular flexibility index (Phi) is 7.41. The lowest BCUT2D eigenvalue weighted by molar-refractivity contribution is 0.223. The average molecular weight is 418 g/mol. The number of anilines is 1. The summed E-state index contributed by atoms with van der Waals surface area (Å²) in [4.78, 5) is 10.9. The minimum atomic E-state index is -0.0191. The number of benzene rings is 1. The van der Waals surface area contributed by atoms with Gasteiger partial charge in [0.25, 0.3) is 0 Å². The van der Waals surface area contributed by atoms with E-state index in [2.05, 4.69) is 25.5 Å². The molecule has 2 unspecified atom stereocenters. The van der Waals surface area contributed by atoms with Gasteiger partial charge < -0.3 is 25.0 Å². The van der Waals surface area contributed by atoms with Crippen LogP contribution in [-0.2, 0) is 0 Å². The number of ether oxygens (including phenoxy) is 2. The first-order valence-electron chi connectivity index (χ1n) is 9.72. The van der Waals surface area contributed by atoms with Gasteiger partial charge in [-0.15, -0.1) is 0 Å². The number of rotatable bonds is 7. The van der Waals surface area contributed by atoms with E-state index in [9.17, 15) is 0 Å². The van der Waals surface area contributed by atoms with Crippen molar-refractivity contribution in [3.05, 3.63) is 47.6 Å². The van der Waals surface area contributed by atoms with Gasteiger partial charge in [-0.2, -0.15) is 0 Å². The summed E-state index contributed by atoms with van der Waals surface area (Å²) >= 11 is 6.27. The first kappa shape index (κ1) is 21.0. The molecule has 2 N–H and O–H groups in total. The van der Waals surface area contributed by atoms with Gasteiger partial charge in [0.1, 0.15) is 23.4 Å². The van der Waals surface area contributed by atoms with E-state index in [4.69, 9.17) is 21.1 Å². The molecule has 0 spiro atoms. The molecule has 8 heteroatoms. The topological polar surface area (TPSA) is 71.0 Å². The van der Waals surface area contributed by atoms with Gasteiger partial charge >= 0.3 is 0 Å². The maximum Gasteiger partial charge on any atom is 0.191 e. The third-order valence-electron chi connectivity index (χ3n) is 4.74. The summed E-state index contributed by atoms with van der Waals surface area (Å²) in [5.41, 5.74) is 0. The Balaban J connectivity index is 1.45. The fourth-order valence-electron chi connectivity index (χ4n) is 3.24. The number of aliphatic imine (C=N–C) groups is 1. The van der Waals surface area contributed by atoms with Gasteiger partial charge in [-0.3, -0.25) is 4.99 Å². The van der Waals surface area contributed by atoms with E-state index in [1.807, 2.05) is 43.3 Å². The number of pyridine rings is 1. The number of hydrogen-bond donors (Lipinski definition) is 2. The standard InChI is InChI=1S/C21H28ClN5O2/c1-15(29-18-8-6-17(28-3)7-9-18)13-25-21(23-2)26-16-10-12-27(14-16)20-19(22)5-4-11-24-20/h4-9,11,15-16H,10,12-14H2,1-3H3,(H2,23,25,26). The zero-order valence-electron chi connectivity index (χ0n) is 17.1. The summed E-state index contributed by atoms with van der Waals surface area (Å²) in [6, 6.07) is 11.6. The molecular formula is C21H28ClN5O2. The van der Waals surface area contributed by atoms with Gasteiger partial charge in [-0.25, -0.2) is 4.98 Å². The van der Waals surface area contributed by atoms with Crippen molar-refractivity contribution in [2.45, 2.75) is 25.5 Å². The SMILES string of the molecule is CN=C(NCC(C)Oc1ccc(OC)cc1)NC1CCN(c2ncccc2Cl)C1. The van der Waals surface area contributed by atoms with Crippen molar-refractivity contribution in [1.82, 2.24) is 15.6 Å². The van der Waals surface area contributed by atoms with Crippen LogP contribution in [0.2, 0.25) is 5.02 Å². The molecular weight excluding hydrogens is 390 g/mol. The molecule has 7 nitrogen and oxygen atoms in total. The Morgan fingerprint density at radius 2 is 2.07 bits per heavy atom. The molecule has 156 valence electrons. The van der Waals surface area contributed by atoms with Crippen LogP contribution in [0.15, 0.2) is 47.6 Å². The van der Waals surface area contributed by atoms with Gasteiger partial charge in [-0.05, 0) is 49.7 Å². The molecule has 2 aromatic rings. The van der Waals surface area contributed by atoms with Crippen molar-refractivity contribution in [3.63, 3.8) is 0 Å². The van der Waals surface area contributed by atoms with Crippen molar-refractivity contribution in [1.29, 1.82) is 0 Å². The number of nitrogens with zero attached hydrogens (tertiary/aromatic N) is 3. The highest BCUT2D eigenvalue weighted by Crippen LogP contribution is 2.25. The molecule has 0 aliphatic carbocycles. The second-order valence-corrected chi connectivity index (χ2v) is 7.35. The van der Waals surface area contributed by atoms with E-state index in [0.717, 1.165) is 42.8 Å². The number of aromatic nitrogens is 1. The van der Waals surface area contributed by atoms with Crippen molar-refractivity contribution >= 4 is 23.4 Å². The third kappa shape index (κ3) is 5.90. The molecule has 1 aliphatic rings. The van der Waals surface area contributed by atoms with Gasteiger partial charge in [-0.1, -0.05) is 11.6 Å². The molecule has 1 aromatic heterocycles. The van der Waals surface area contributed by atoms with Crippen LogP contribution in [0.1, 0.15) is 13.3 Å². The molecule has 2 heterocycles. The van der Waals surface area contributed by atoms with E-state index in [-0.39, 0.29) is 12.1 Å². The second kappa shape index (κ2) is 10.2. The number of guanidine groups is 1. The first-order chi connectivity index (χ1) is 14.1. The smallest absolute Gasteiger partial charge is 0.191 e. The summed E-state index contributed by atoms with van der Waals surface area (Å²) in [7, 11) is 3.42. The molecule has 1 aliphatic heterocycles. The van der Waals surface area contributed by atoms with Gasteiger partial charge in [0.15, 0.2) is 5.96 Å². The summed E-state index contributed by atoms with van der Waals surface area (Å²) < 4.78 is 11.1. The van der Waals surface area contributed by atoms with E-state index in [1.54, 1.807) is 20.4 Å². The van der Waals surface area contributed by atoms with Crippen molar-refractivity contribution < 1.29 is 9.47 Å². The molecule has 3 rings (SSSR count). The van der Waals surface area contributed by atoms with Crippen molar-refractivity contribution in [2.24, 2.45) is 4.99 Å². The lowest BCUT2D eigenvalue weighted by Gasteiger charge is -2.21. The van der Waals surface area contributed by atoms with E-state index < -0.39 is 0 Å². The molecule has 1 saturated heterocycles. The van der Waals surface area contributed by atoms with Crippen LogP contribution in [-0.4, -0.2) is 56.9 Å². The molecule has 0 radical (unpaired) electrons.